The van der Waals surface area contributed by atoms with Crippen LogP contribution in [0.5, 0.6) is 0 Å². The molecule has 18 heteroatoms. The zero-order valence-corrected chi connectivity index (χ0v) is 37.7. The lowest BCUT2D eigenvalue weighted by molar-refractivity contribution is -0.491. The molecule has 0 aliphatic carbocycles. The van der Waals surface area contributed by atoms with E-state index >= 15 is 0 Å². The highest BCUT2D eigenvalue weighted by Crippen LogP contribution is 2.68. The summed E-state index contributed by atoms with van der Waals surface area (Å²) in [7, 11) is -6.85. The van der Waals surface area contributed by atoms with E-state index in [4.69, 9.17) is 29.5 Å². The van der Waals surface area contributed by atoms with Gasteiger partial charge in [-0.05, 0) is 103 Å². The van der Waals surface area contributed by atoms with E-state index in [-0.39, 0.29) is 0 Å². The van der Waals surface area contributed by atoms with Crippen molar-refractivity contribution < 1.29 is 4.33 Å². The highest BCUT2D eigenvalue weighted by molar-refractivity contribution is 7.62. The van der Waals surface area contributed by atoms with E-state index in [1.165, 1.54) is 116 Å². The summed E-state index contributed by atoms with van der Waals surface area (Å²) >= 11 is 0. The van der Waals surface area contributed by atoms with Crippen LogP contribution in [0.1, 0.15) is 116 Å². The maximum Gasteiger partial charge on any atom is 0.291 e. The first-order valence-electron chi connectivity index (χ1n) is 23.6. The first-order valence-corrected chi connectivity index (χ1v) is 28.4. The summed E-state index contributed by atoms with van der Waals surface area (Å²) in [5, 5.41) is 6.05. The van der Waals surface area contributed by atoms with Gasteiger partial charge in [0.05, 0.1) is 0 Å². The molecule has 0 unspecified atom stereocenters. The fraction of sp³-hybridized carbons (Fsp3) is 0.923. The van der Waals surface area contributed by atoms with E-state index in [0.717, 1.165) is 118 Å². The molecule has 0 atom stereocenters. The van der Waals surface area contributed by atoms with Gasteiger partial charge in [-0.2, -0.15) is 9.49 Å². The van der Waals surface area contributed by atoms with Gasteiger partial charge in [-0.1, -0.05) is 0 Å². The molecule has 0 N–H and O–H groups in total. The minimum atomic E-state index is -2.28. The normalized spacial score (nSPS) is 27.7. The smallest absolute Gasteiger partial charge is 0.291 e. The molecule has 0 saturated carbocycles. The second-order valence-electron chi connectivity index (χ2n) is 18.1. The van der Waals surface area contributed by atoms with Gasteiger partial charge >= 0.3 is 0 Å². The predicted octanol–water partition coefficient (Wildman–Crippen LogP) is 8.55. The van der Waals surface area contributed by atoms with Crippen LogP contribution < -0.4 is 0 Å². The predicted molar refractivity (Wildman–Crippen MR) is 233 cm³/mol. The minimum Gasteiger partial charge on any atom is -0.325 e. The molecule has 0 amide bonds. The monoisotopic (exact) mass is 844 g/mol. The summed E-state index contributed by atoms with van der Waals surface area (Å²) in [6.45, 7) is 20.1. The molecule has 9 aliphatic heterocycles. The van der Waals surface area contributed by atoms with Crippen molar-refractivity contribution >= 4 is 40.4 Å². The van der Waals surface area contributed by atoms with Crippen LogP contribution in [0.3, 0.4) is 0 Å². The fourth-order valence-corrected chi connectivity index (χ4v) is 24.5. The van der Waals surface area contributed by atoms with Crippen molar-refractivity contribution in [2.75, 3.05) is 118 Å². The molecule has 10 heterocycles. The fourth-order valence-electron chi connectivity index (χ4n) is 11.7. The Hall–Kier alpha value is -0.820. The maximum atomic E-state index is 6.05. The van der Waals surface area contributed by atoms with Crippen molar-refractivity contribution in [3.05, 3.63) is 5.09 Å². The Morgan fingerprint density at radius 1 is 0.351 bits per heavy atom. The highest BCUT2D eigenvalue weighted by atomic mass is 31.2. The lowest BCUT2D eigenvalue weighted by atomic mass is 10.4. The standard InChI is InChI=1S/C39H72N15P3/c1-2-20-46(19-1)55(47-21-3-4-22-47,48-23-5-6-24-48)43-37-40-38(44-56(49-25-7-8-26-49,50-27-9-10-28-50)51-29-11-12-30-51)42-39(41-37)45-57(52-31-13-14-32-52,53-33-15-16-34-53)54-35-17-18-36-54/h1-36H2. The summed E-state index contributed by atoms with van der Waals surface area (Å²) in [4.78, 5) is 16.5. The van der Waals surface area contributed by atoms with E-state index in [1.54, 1.807) is 0 Å². The molecule has 9 fully saturated rings. The molecule has 0 radical (unpaired) electrons. The Kier molecular flexibility index (Phi) is 12.6. The Bertz CT molecular complexity index is 1500. The van der Waals surface area contributed by atoms with E-state index in [2.05, 4.69) is 41.7 Å². The zero-order chi connectivity index (χ0) is 38.1. The third-order valence-corrected chi connectivity index (χ3v) is 26.2. The number of aromatic nitrogens is 3. The molecule has 0 aromatic carbocycles. The van der Waals surface area contributed by atoms with E-state index in [0.29, 0.717) is 17.8 Å². The first kappa shape index (κ1) is 40.3. The van der Waals surface area contributed by atoms with Gasteiger partial charge in [0.25, 0.3) is 7.51 Å². The summed E-state index contributed by atoms with van der Waals surface area (Å²) in [5.41, 5.74) is 0. The van der Waals surface area contributed by atoms with Crippen molar-refractivity contribution in [1.82, 2.24) is 52.3 Å². The molecule has 9 aliphatic rings. The number of hydrogen-bond donors (Lipinski definition) is 0. The highest BCUT2D eigenvalue weighted by Gasteiger charge is 2.48. The van der Waals surface area contributed by atoms with Crippen molar-refractivity contribution in [2.45, 2.75) is 116 Å². The summed E-state index contributed by atoms with van der Waals surface area (Å²) < 4.78 is 37.3. The summed E-state index contributed by atoms with van der Waals surface area (Å²) in [6.07, 6.45) is 22.5. The van der Waals surface area contributed by atoms with Crippen molar-refractivity contribution in [2.24, 2.45) is 9.49 Å². The van der Waals surface area contributed by atoms with Crippen molar-refractivity contribution in [3.8, 4) is 0 Å². The van der Waals surface area contributed by atoms with E-state index in [9.17, 15) is 0 Å². The molecule has 0 spiro atoms. The molecule has 15 nitrogen and oxygen atoms in total. The number of rotatable bonds is 12. The molecule has 10 rings (SSSR count). The van der Waals surface area contributed by atoms with Crippen LogP contribution in [-0.2, 0) is 0 Å². The van der Waals surface area contributed by atoms with Crippen LogP contribution in [0.25, 0.3) is 5.09 Å². The molecule has 1 aromatic heterocycles. The largest absolute Gasteiger partial charge is 0.325 e. The third kappa shape index (κ3) is 7.61. The molecule has 57 heavy (non-hydrogen) atoms. The van der Waals surface area contributed by atoms with Crippen molar-refractivity contribution in [1.29, 1.82) is 0 Å². The molecule has 9 saturated heterocycles. The van der Waals surface area contributed by atoms with Crippen LogP contribution in [0.2, 0.25) is 0 Å². The van der Waals surface area contributed by atoms with Gasteiger partial charge in [0.15, 0.2) is 26.9 Å². The van der Waals surface area contributed by atoms with Gasteiger partial charge in [-0.25, -0.2) is 46.7 Å². The lowest BCUT2D eigenvalue weighted by Gasteiger charge is -2.46. The second kappa shape index (κ2) is 17.9. The van der Waals surface area contributed by atoms with Crippen LogP contribution in [-0.4, -0.2) is 174 Å². The summed E-state index contributed by atoms with van der Waals surface area (Å²) in [6, 6.07) is 0. The third-order valence-electron chi connectivity index (χ3n) is 14.4. The quantitative estimate of drug-likeness (QED) is 0.189. The number of nitrogens with zero attached hydrogens (tertiary/aromatic N) is 15. The average Bonchev–Trinajstić information content (AvgIpc) is 4.12. The van der Waals surface area contributed by atoms with Gasteiger partial charge < -0.3 is 9.97 Å². The van der Waals surface area contributed by atoms with Gasteiger partial charge in [-0.3, -0.25) is 5.09 Å². The molecule has 1 aromatic rings. The van der Waals surface area contributed by atoms with E-state index < -0.39 is 22.5 Å². The Morgan fingerprint density at radius 2 is 0.614 bits per heavy atom. The van der Waals surface area contributed by atoms with Gasteiger partial charge in [-0.15, -0.1) is 0 Å². The van der Waals surface area contributed by atoms with Crippen LogP contribution in [0.15, 0.2) is 9.49 Å². The van der Waals surface area contributed by atoms with Crippen LogP contribution in [0.4, 0.5) is 17.8 Å². The Balaban J connectivity index is 1.20. The SMILES string of the molecule is C1CCN(P(=Nc2nc(N=P(N3CCCC3)(N3CCCC3)N3CCCC3)nc([N-]P(N3CCCC3)(N3CCCC3)=[N+]3CCCC3)n2)(N2CCCC2)N2CCCC2)C1. The van der Waals surface area contributed by atoms with E-state index in [1.807, 2.05) is 0 Å². The molecule has 318 valence electrons. The minimum absolute atomic E-state index is 0.603. The lowest BCUT2D eigenvalue weighted by Crippen LogP contribution is -2.38. The molecule has 0 bridgehead atoms. The summed E-state index contributed by atoms with van der Waals surface area (Å²) in [5.74, 6) is 1.81. The maximum absolute atomic E-state index is 6.05. The van der Waals surface area contributed by atoms with Crippen molar-refractivity contribution in [3.63, 3.8) is 0 Å². The zero-order valence-electron chi connectivity index (χ0n) is 35.0. The number of hydrogen-bond acceptors (Lipinski definition) is 5. The van der Waals surface area contributed by atoms with Gasteiger partial charge in [0.1, 0.15) is 13.1 Å². The first-order chi connectivity index (χ1) is 28.2. The topological polar surface area (TPSA) is 106 Å². The second-order valence-corrected chi connectivity index (χ2v) is 27.0. The Morgan fingerprint density at radius 3 is 0.895 bits per heavy atom. The van der Waals surface area contributed by atoms with Gasteiger partial charge in [0.2, 0.25) is 0 Å². The van der Waals surface area contributed by atoms with Gasteiger partial charge in [0, 0.05) is 124 Å². The van der Waals surface area contributed by atoms with Crippen LogP contribution in [0, 0.1) is 0 Å². The molecular formula is C39H72N15P3. The van der Waals surface area contributed by atoms with Crippen LogP contribution >= 0.6 is 22.5 Å². The molecular weight excluding hydrogens is 771 g/mol. The Labute approximate surface area is 343 Å². The average molecular weight is 844 g/mol.